The summed E-state index contributed by atoms with van der Waals surface area (Å²) in [6, 6.07) is 0.765. The molecular weight excluding hydrogens is 212 g/mol. The number of likely N-dealkylation sites (N-methyl/N-ethyl adjacent to an activating group) is 1. The van der Waals surface area contributed by atoms with Gasteiger partial charge in [0.15, 0.2) is 0 Å². The van der Waals surface area contributed by atoms with E-state index >= 15 is 0 Å². The molecule has 0 aliphatic heterocycles. The first-order chi connectivity index (χ1) is 8.33. The number of nitrogens with zero attached hydrogens (tertiary/aromatic N) is 3. The topological polar surface area (TPSA) is 33.1 Å². The highest BCUT2D eigenvalue weighted by atomic mass is 15.2. The van der Waals surface area contributed by atoms with Crippen LogP contribution in [0.4, 0.5) is 0 Å². The van der Waals surface area contributed by atoms with Gasteiger partial charge in [-0.2, -0.15) is 0 Å². The molecule has 17 heavy (non-hydrogen) atoms. The van der Waals surface area contributed by atoms with Crippen molar-refractivity contribution in [1.29, 1.82) is 0 Å². The molecule has 0 atom stereocenters. The van der Waals surface area contributed by atoms with Crippen LogP contribution < -0.4 is 5.32 Å². The van der Waals surface area contributed by atoms with Gasteiger partial charge >= 0.3 is 0 Å². The van der Waals surface area contributed by atoms with E-state index in [9.17, 15) is 0 Å². The van der Waals surface area contributed by atoms with E-state index in [1.165, 1.54) is 18.5 Å². The Morgan fingerprint density at radius 3 is 2.82 bits per heavy atom. The Kier molecular flexibility index (Phi) is 4.57. The molecule has 0 radical (unpaired) electrons. The highest BCUT2D eigenvalue weighted by Crippen LogP contribution is 2.19. The molecule has 4 heteroatoms. The van der Waals surface area contributed by atoms with Gasteiger partial charge in [-0.1, -0.05) is 13.8 Å². The zero-order chi connectivity index (χ0) is 12.1. The second kappa shape index (κ2) is 6.17. The van der Waals surface area contributed by atoms with Gasteiger partial charge in [-0.15, -0.1) is 0 Å². The number of rotatable bonds is 8. The number of hydrogen-bond acceptors (Lipinski definition) is 3. The van der Waals surface area contributed by atoms with Crippen LogP contribution in [0.1, 0.15) is 32.4 Å². The summed E-state index contributed by atoms with van der Waals surface area (Å²) in [5.74, 6) is 0. The van der Waals surface area contributed by atoms with E-state index in [1.54, 1.807) is 0 Å². The Balaban J connectivity index is 1.80. The average Bonchev–Trinajstić information content (AvgIpc) is 3.08. The van der Waals surface area contributed by atoms with Crippen molar-refractivity contribution in [2.45, 2.75) is 45.8 Å². The fraction of sp³-hybridized carbons (Fsp3) is 0.769. The van der Waals surface area contributed by atoms with Crippen LogP contribution in [0.25, 0.3) is 0 Å². The molecule has 96 valence electrons. The summed E-state index contributed by atoms with van der Waals surface area (Å²) in [4.78, 5) is 6.70. The first-order valence-corrected chi connectivity index (χ1v) is 6.78. The summed E-state index contributed by atoms with van der Waals surface area (Å²) in [6.07, 6.45) is 6.62. The van der Waals surface area contributed by atoms with E-state index in [2.05, 4.69) is 33.6 Å². The smallest absolute Gasteiger partial charge is 0.0949 e. The summed E-state index contributed by atoms with van der Waals surface area (Å²) in [5, 5.41) is 3.54. The Morgan fingerprint density at radius 1 is 1.41 bits per heavy atom. The molecule has 1 fully saturated rings. The largest absolute Gasteiger partial charge is 0.332 e. The monoisotopic (exact) mass is 236 g/mol. The quantitative estimate of drug-likeness (QED) is 0.742. The molecule has 0 spiro atoms. The molecule has 0 bridgehead atoms. The minimum Gasteiger partial charge on any atom is -0.332 e. The Bertz CT molecular complexity index is 326. The van der Waals surface area contributed by atoms with Gasteiger partial charge < -0.3 is 14.8 Å². The minimum atomic E-state index is 0.765. The molecule has 0 aromatic carbocycles. The van der Waals surface area contributed by atoms with E-state index in [0.29, 0.717) is 0 Å². The van der Waals surface area contributed by atoms with E-state index in [4.69, 9.17) is 0 Å². The number of imidazole rings is 1. The van der Waals surface area contributed by atoms with Crippen molar-refractivity contribution >= 4 is 0 Å². The van der Waals surface area contributed by atoms with Gasteiger partial charge in [0.25, 0.3) is 0 Å². The molecule has 1 aromatic rings. The summed E-state index contributed by atoms with van der Waals surface area (Å²) < 4.78 is 2.27. The van der Waals surface area contributed by atoms with Crippen LogP contribution in [-0.2, 0) is 13.1 Å². The van der Waals surface area contributed by atoms with Gasteiger partial charge in [0, 0.05) is 31.9 Å². The molecule has 1 saturated carbocycles. The fourth-order valence-electron chi connectivity index (χ4n) is 2.02. The summed E-state index contributed by atoms with van der Waals surface area (Å²) in [6.45, 7) is 9.80. The predicted molar refractivity (Wildman–Crippen MR) is 69.9 cm³/mol. The van der Waals surface area contributed by atoms with Crippen molar-refractivity contribution in [2.75, 3.05) is 19.6 Å². The highest BCUT2D eigenvalue weighted by molar-refractivity contribution is 4.99. The van der Waals surface area contributed by atoms with Crippen molar-refractivity contribution in [3.63, 3.8) is 0 Å². The van der Waals surface area contributed by atoms with Crippen molar-refractivity contribution < 1.29 is 0 Å². The third-order valence-corrected chi connectivity index (χ3v) is 3.50. The molecule has 0 saturated heterocycles. The summed E-state index contributed by atoms with van der Waals surface area (Å²) >= 11 is 0. The Labute approximate surface area is 104 Å². The first-order valence-electron chi connectivity index (χ1n) is 6.78. The lowest BCUT2D eigenvalue weighted by molar-refractivity contribution is 0.289. The van der Waals surface area contributed by atoms with Crippen LogP contribution in [0.5, 0.6) is 0 Å². The fourth-order valence-corrected chi connectivity index (χ4v) is 2.02. The predicted octanol–water partition coefficient (Wildman–Crippen LogP) is 1.48. The van der Waals surface area contributed by atoms with Crippen LogP contribution in [-0.4, -0.2) is 40.1 Å². The Hall–Kier alpha value is -0.870. The minimum absolute atomic E-state index is 0.765. The lowest BCUT2D eigenvalue weighted by Gasteiger charge is -2.19. The number of nitrogens with one attached hydrogen (secondary N) is 1. The second-order valence-electron chi connectivity index (χ2n) is 4.76. The first kappa shape index (κ1) is 12.6. The van der Waals surface area contributed by atoms with E-state index < -0.39 is 0 Å². The van der Waals surface area contributed by atoms with Gasteiger partial charge in [-0.25, -0.2) is 4.98 Å². The van der Waals surface area contributed by atoms with Crippen molar-refractivity contribution in [3.05, 3.63) is 18.2 Å². The molecule has 1 aliphatic rings. The zero-order valence-corrected chi connectivity index (χ0v) is 11.0. The van der Waals surface area contributed by atoms with Crippen LogP contribution in [0.3, 0.4) is 0 Å². The lowest BCUT2D eigenvalue weighted by Crippen LogP contribution is -2.28. The zero-order valence-electron chi connectivity index (χ0n) is 11.0. The molecule has 2 rings (SSSR count). The van der Waals surface area contributed by atoms with E-state index in [-0.39, 0.29) is 0 Å². The number of hydrogen-bond donors (Lipinski definition) is 1. The normalized spacial score (nSPS) is 15.7. The SMILES string of the molecule is CCN(CC)CCn1cncc1CNC1CC1. The van der Waals surface area contributed by atoms with Crippen LogP contribution in [0.2, 0.25) is 0 Å². The van der Waals surface area contributed by atoms with Crippen LogP contribution >= 0.6 is 0 Å². The highest BCUT2D eigenvalue weighted by Gasteiger charge is 2.20. The van der Waals surface area contributed by atoms with Gasteiger partial charge in [-0.3, -0.25) is 0 Å². The maximum atomic E-state index is 4.25. The van der Waals surface area contributed by atoms with Crippen LogP contribution in [0, 0.1) is 0 Å². The lowest BCUT2D eigenvalue weighted by atomic mass is 10.4. The standard InChI is InChI=1S/C13H24N4/c1-3-16(4-2)7-8-17-11-14-9-13(17)10-15-12-5-6-12/h9,11-12,15H,3-8,10H2,1-2H3. The summed E-state index contributed by atoms with van der Waals surface area (Å²) in [7, 11) is 0. The molecule has 4 nitrogen and oxygen atoms in total. The third-order valence-electron chi connectivity index (χ3n) is 3.50. The van der Waals surface area contributed by atoms with Gasteiger partial charge in [0.2, 0.25) is 0 Å². The summed E-state index contributed by atoms with van der Waals surface area (Å²) in [5.41, 5.74) is 1.31. The van der Waals surface area contributed by atoms with Gasteiger partial charge in [0.1, 0.15) is 0 Å². The molecule has 1 N–H and O–H groups in total. The molecule has 1 aliphatic carbocycles. The van der Waals surface area contributed by atoms with Crippen molar-refractivity contribution in [3.8, 4) is 0 Å². The van der Waals surface area contributed by atoms with Crippen LogP contribution in [0.15, 0.2) is 12.5 Å². The third kappa shape index (κ3) is 3.82. The van der Waals surface area contributed by atoms with Gasteiger partial charge in [-0.05, 0) is 25.9 Å². The maximum absolute atomic E-state index is 4.25. The molecule has 0 unspecified atom stereocenters. The Morgan fingerprint density at radius 2 is 2.18 bits per heavy atom. The maximum Gasteiger partial charge on any atom is 0.0949 e. The van der Waals surface area contributed by atoms with E-state index in [0.717, 1.165) is 38.8 Å². The second-order valence-corrected chi connectivity index (χ2v) is 4.76. The molecular formula is C13H24N4. The number of aromatic nitrogens is 2. The van der Waals surface area contributed by atoms with Crippen molar-refractivity contribution in [2.24, 2.45) is 0 Å². The molecule has 1 aromatic heterocycles. The van der Waals surface area contributed by atoms with Gasteiger partial charge in [0.05, 0.1) is 12.0 Å². The van der Waals surface area contributed by atoms with Crippen molar-refractivity contribution in [1.82, 2.24) is 19.8 Å². The molecule has 1 heterocycles. The van der Waals surface area contributed by atoms with E-state index in [1.807, 2.05) is 12.5 Å². The molecule has 0 amide bonds. The average molecular weight is 236 g/mol.